The molecule has 20 heavy (non-hydrogen) atoms. The van der Waals surface area contributed by atoms with Gasteiger partial charge in [-0.05, 0) is 26.0 Å². The summed E-state index contributed by atoms with van der Waals surface area (Å²) in [6, 6.07) is 2.09. The van der Waals surface area contributed by atoms with Gasteiger partial charge in [0.2, 0.25) is 0 Å². The van der Waals surface area contributed by atoms with Crippen LogP contribution in [0.15, 0.2) is 30.1 Å². The second kappa shape index (κ2) is 4.39. The summed E-state index contributed by atoms with van der Waals surface area (Å²) >= 11 is 0. The molecule has 0 amide bonds. The van der Waals surface area contributed by atoms with Crippen LogP contribution in [-0.4, -0.2) is 21.6 Å². The van der Waals surface area contributed by atoms with E-state index in [4.69, 9.17) is 5.11 Å². The molecule has 1 aromatic heterocycles. The Bertz CT molecular complexity index is 564. The second-order valence-corrected chi connectivity index (χ2v) is 4.79. The summed E-state index contributed by atoms with van der Waals surface area (Å²) in [6.07, 6.45) is -2.45. The van der Waals surface area contributed by atoms with Crippen LogP contribution in [0.4, 0.5) is 19.0 Å². The normalized spacial score (nSPS) is 17.6. The first-order valence-corrected chi connectivity index (χ1v) is 5.67. The fourth-order valence-corrected chi connectivity index (χ4v) is 1.95. The summed E-state index contributed by atoms with van der Waals surface area (Å²) in [5.74, 6) is -0.896. The van der Waals surface area contributed by atoms with Gasteiger partial charge in [-0.25, -0.2) is 9.78 Å². The van der Waals surface area contributed by atoms with Crippen LogP contribution in [0.25, 0.3) is 0 Å². The van der Waals surface area contributed by atoms with Crippen LogP contribution < -0.4 is 10.4 Å². The van der Waals surface area contributed by atoms with E-state index in [0.717, 1.165) is 6.07 Å². The number of nitrogens with zero attached hydrogens (tertiary/aromatic N) is 2. The van der Waals surface area contributed by atoms with E-state index in [1.807, 2.05) is 0 Å². The predicted molar refractivity (Wildman–Crippen MR) is 64.7 cm³/mol. The van der Waals surface area contributed by atoms with Crippen molar-refractivity contribution in [3.8, 4) is 0 Å². The van der Waals surface area contributed by atoms with Gasteiger partial charge in [-0.3, -0.25) is 5.01 Å². The van der Waals surface area contributed by atoms with Gasteiger partial charge in [0, 0.05) is 12.4 Å². The molecule has 0 bridgehead atoms. The summed E-state index contributed by atoms with van der Waals surface area (Å²) in [6.45, 7) is 3.26. The average molecular weight is 287 g/mol. The van der Waals surface area contributed by atoms with Crippen LogP contribution in [0.3, 0.4) is 0 Å². The third-order valence-corrected chi connectivity index (χ3v) is 3.09. The van der Waals surface area contributed by atoms with Crippen molar-refractivity contribution < 1.29 is 23.1 Å². The fourth-order valence-electron chi connectivity index (χ4n) is 1.95. The Kier molecular flexibility index (Phi) is 3.11. The smallest absolute Gasteiger partial charge is 0.417 e. The third-order valence-electron chi connectivity index (χ3n) is 3.09. The van der Waals surface area contributed by atoms with E-state index >= 15 is 0 Å². The Labute approximate surface area is 112 Å². The van der Waals surface area contributed by atoms with Crippen molar-refractivity contribution in [3.05, 3.63) is 35.7 Å². The van der Waals surface area contributed by atoms with Crippen molar-refractivity contribution in [1.82, 2.24) is 10.4 Å². The number of carbonyl (C=O) groups is 1. The van der Waals surface area contributed by atoms with Gasteiger partial charge in [0.25, 0.3) is 0 Å². The number of nitrogens with one attached hydrogen (secondary N) is 1. The maximum absolute atomic E-state index is 12.5. The Morgan fingerprint density at radius 3 is 2.45 bits per heavy atom. The van der Waals surface area contributed by atoms with E-state index in [0.29, 0.717) is 6.20 Å². The Balaban J connectivity index is 2.29. The number of hydrazine groups is 1. The average Bonchev–Trinajstić information content (AvgIpc) is 2.63. The van der Waals surface area contributed by atoms with Crippen molar-refractivity contribution in [2.45, 2.75) is 25.6 Å². The van der Waals surface area contributed by atoms with E-state index in [9.17, 15) is 18.0 Å². The quantitative estimate of drug-likeness (QED) is 0.872. The van der Waals surface area contributed by atoms with Gasteiger partial charge in [-0.1, -0.05) is 0 Å². The number of carboxylic acids is 1. The molecule has 1 aliphatic heterocycles. The van der Waals surface area contributed by atoms with Gasteiger partial charge in [0.05, 0.1) is 16.7 Å². The molecule has 8 heteroatoms. The van der Waals surface area contributed by atoms with E-state index < -0.39 is 23.2 Å². The molecule has 2 N–H and O–H groups in total. The van der Waals surface area contributed by atoms with Crippen molar-refractivity contribution in [2.24, 2.45) is 0 Å². The van der Waals surface area contributed by atoms with Crippen molar-refractivity contribution in [3.63, 3.8) is 0 Å². The van der Waals surface area contributed by atoms with Gasteiger partial charge in [0.15, 0.2) is 0 Å². The minimum Gasteiger partial charge on any atom is -0.478 e. The summed E-state index contributed by atoms with van der Waals surface area (Å²) in [5.41, 5.74) is 1.01. The zero-order valence-corrected chi connectivity index (χ0v) is 10.7. The van der Waals surface area contributed by atoms with Crippen molar-refractivity contribution >= 4 is 11.8 Å². The first kappa shape index (κ1) is 14.2. The number of pyridine rings is 1. The van der Waals surface area contributed by atoms with Gasteiger partial charge in [0.1, 0.15) is 5.82 Å². The maximum atomic E-state index is 12.5. The first-order chi connectivity index (χ1) is 9.14. The number of anilines is 1. The zero-order valence-electron chi connectivity index (χ0n) is 10.7. The standard InChI is InChI=1S/C12H12F3N3O2/c1-11(2)8(10(19)20)6-17-18(11)9-4-3-7(5-16-9)12(13,14)15/h3-6,17H,1-2H3,(H,19,20). The molecule has 0 saturated heterocycles. The number of hydrogen-bond donors (Lipinski definition) is 2. The topological polar surface area (TPSA) is 65.5 Å². The third kappa shape index (κ3) is 2.28. The minimum absolute atomic E-state index is 0.0965. The fraction of sp³-hybridized carbons (Fsp3) is 0.333. The summed E-state index contributed by atoms with van der Waals surface area (Å²) in [5, 5.41) is 10.5. The predicted octanol–water partition coefficient (Wildman–Crippen LogP) is 2.17. The highest BCUT2D eigenvalue weighted by atomic mass is 19.4. The molecule has 5 nitrogen and oxygen atoms in total. The molecule has 0 unspecified atom stereocenters. The Morgan fingerprint density at radius 2 is 2.05 bits per heavy atom. The van der Waals surface area contributed by atoms with Gasteiger partial charge in [-0.15, -0.1) is 0 Å². The van der Waals surface area contributed by atoms with Crippen LogP contribution in [0, 0.1) is 0 Å². The van der Waals surface area contributed by atoms with Crippen LogP contribution >= 0.6 is 0 Å². The number of rotatable bonds is 2. The zero-order chi connectivity index (χ0) is 15.1. The first-order valence-electron chi connectivity index (χ1n) is 5.67. The lowest BCUT2D eigenvalue weighted by Crippen LogP contribution is -2.47. The molecule has 0 atom stereocenters. The van der Waals surface area contributed by atoms with Gasteiger partial charge < -0.3 is 10.5 Å². The Morgan fingerprint density at radius 1 is 1.40 bits per heavy atom. The largest absolute Gasteiger partial charge is 0.478 e. The van der Waals surface area contributed by atoms with Crippen LogP contribution in [0.2, 0.25) is 0 Å². The number of aromatic nitrogens is 1. The number of alkyl halides is 3. The number of halogens is 3. The highest BCUT2D eigenvalue weighted by molar-refractivity contribution is 5.91. The SMILES string of the molecule is CC1(C)C(C(=O)O)=CNN1c1ccc(C(F)(F)F)cn1. The van der Waals surface area contributed by atoms with Crippen molar-refractivity contribution in [2.75, 3.05) is 5.01 Å². The molecule has 0 aromatic carbocycles. The van der Waals surface area contributed by atoms with Crippen LogP contribution in [0.5, 0.6) is 0 Å². The summed E-state index contributed by atoms with van der Waals surface area (Å²) in [7, 11) is 0. The molecular formula is C12H12F3N3O2. The van der Waals surface area contributed by atoms with Gasteiger partial charge in [-0.2, -0.15) is 13.2 Å². The molecule has 1 aliphatic rings. The molecule has 108 valence electrons. The molecule has 1 aromatic rings. The van der Waals surface area contributed by atoms with Crippen molar-refractivity contribution in [1.29, 1.82) is 0 Å². The highest BCUT2D eigenvalue weighted by Crippen LogP contribution is 2.33. The molecule has 0 spiro atoms. The van der Waals surface area contributed by atoms with E-state index in [-0.39, 0.29) is 11.4 Å². The van der Waals surface area contributed by atoms with E-state index in [2.05, 4.69) is 10.4 Å². The lowest BCUT2D eigenvalue weighted by atomic mass is 9.95. The monoisotopic (exact) mass is 287 g/mol. The van der Waals surface area contributed by atoms with Gasteiger partial charge >= 0.3 is 12.1 Å². The summed E-state index contributed by atoms with van der Waals surface area (Å²) in [4.78, 5) is 14.8. The lowest BCUT2D eigenvalue weighted by molar-refractivity contribution is -0.138. The molecule has 0 aliphatic carbocycles. The number of aliphatic carboxylic acids is 1. The van der Waals surface area contributed by atoms with E-state index in [1.54, 1.807) is 13.8 Å². The number of carboxylic acid groups (broad SMARTS) is 1. The van der Waals surface area contributed by atoms with Crippen LogP contribution in [0.1, 0.15) is 19.4 Å². The minimum atomic E-state index is -4.45. The molecule has 0 saturated carbocycles. The van der Waals surface area contributed by atoms with Crippen LogP contribution in [-0.2, 0) is 11.0 Å². The molecule has 2 rings (SSSR count). The molecular weight excluding hydrogens is 275 g/mol. The molecule has 2 heterocycles. The second-order valence-electron chi connectivity index (χ2n) is 4.79. The Hall–Kier alpha value is -2.25. The number of hydrogen-bond acceptors (Lipinski definition) is 4. The van der Waals surface area contributed by atoms with E-state index in [1.165, 1.54) is 17.3 Å². The molecule has 0 radical (unpaired) electrons. The maximum Gasteiger partial charge on any atom is 0.417 e. The highest BCUT2D eigenvalue weighted by Gasteiger charge is 2.40. The lowest BCUT2D eigenvalue weighted by Gasteiger charge is -2.33. The molecule has 0 fully saturated rings. The summed E-state index contributed by atoms with van der Waals surface area (Å²) < 4.78 is 37.4.